The maximum atomic E-state index is 12.5. The van der Waals surface area contributed by atoms with Gasteiger partial charge in [-0.25, -0.2) is 0 Å². The van der Waals surface area contributed by atoms with Crippen LogP contribution in [0.4, 0.5) is 5.82 Å². The molecule has 4 rings (SSSR count). The van der Waals surface area contributed by atoms with Crippen LogP contribution in [-0.2, 0) is 11.2 Å². The summed E-state index contributed by atoms with van der Waals surface area (Å²) in [6.45, 7) is 6.88. The number of piperazine rings is 1. The molecule has 138 valence electrons. The molecule has 26 heavy (non-hydrogen) atoms. The van der Waals surface area contributed by atoms with Gasteiger partial charge in [0.2, 0.25) is 5.91 Å². The number of amides is 1. The van der Waals surface area contributed by atoms with Crippen LogP contribution in [0.2, 0.25) is 0 Å². The zero-order valence-electron chi connectivity index (χ0n) is 15.4. The summed E-state index contributed by atoms with van der Waals surface area (Å²) >= 11 is 0. The second-order valence-electron chi connectivity index (χ2n) is 7.26. The van der Waals surface area contributed by atoms with Crippen molar-refractivity contribution < 1.29 is 9.32 Å². The fraction of sp³-hybridized carbons (Fsp3) is 0.579. The molecule has 0 N–H and O–H groups in total. The molecule has 7 heteroatoms. The Kier molecular flexibility index (Phi) is 4.61. The number of carbonyl (C=O) groups is 1. The lowest BCUT2D eigenvalue weighted by Crippen LogP contribution is -2.49. The van der Waals surface area contributed by atoms with E-state index in [4.69, 9.17) is 4.52 Å². The van der Waals surface area contributed by atoms with E-state index in [1.807, 2.05) is 18.7 Å². The molecule has 1 saturated heterocycles. The molecule has 0 aromatic carbocycles. The van der Waals surface area contributed by atoms with Crippen molar-refractivity contribution in [3.8, 4) is 0 Å². The first kappa shape index (κ1) is 17.0. The Morgan fingerprint density at radius 1 is 1.15 bits per heavy atom. The van der Waals surface area contributed by atoms with Gasteiger partial charge in [-0.3, -0.25) is 4.79 Å². The molecular weight excluding hydrogens is 330 g/mol. The van der Waals surface area contributed by atoms with Crippen LogP contribution in [0.1, 0.15) is 47.9 Å². The standard InChI is InChI=1S/C19H25N5O2/c1-13-16(14(2)26-22-13)5-8-19(25)24-11-9-23(10-12-24)18-7-6-17(20-21-18)15-3-4-15/h6-7,15H,3-5,8-12H2,1-2H3. The summed E-state index contributed by atoms with van der Waals surface area (Å²) in [5.74, 6) is 2.55. The molecular formula is C19H25N5O2. The summed E-state index contributed by atoms with van der Waals surface area (Å²) in [4.78, 5) is 16.7. The van der Waals surface area contributed by atoms with Crippen molar-refractivity contribution in [3.05, 3.63) is 34.8 Å². The molecule has 1 amide bonds. The largest absolute Gasteiger partial charge is 0.361 e. The van der Waals surface area contributed by atoms with Gasteiger partial charge in [-0.05, 0) is 45.2 Å². The maximum Gasteiger partial charge on any atom is 0.223 e. The summed E-state index contributed by atoms with van der Waals surface area (Å²) in [6, 6.07) is 4.16. The predicted octanol–water partition coefficient (Wildman–Crippen LogP) is 2.24. The van der Waals surface area contributed by atoms with Gasteiger partial charge in [-0.15, -0.1) is 5.10 Å². The summed E-state index contributed by atoms with van der Waals surface area (Å²) in [7, 11) is 0. The van der Waals surface area contributed by atoms with E-state index < -0.39 is 0 Å². The third kappa shape index (κ3) is 3.57. The lowest BCUT2D eigenvalue weighted by Gasteiger charge is -2.35. The van der Waals surface area contributed by atoms with Crippen LogP contribution in [0.25, 0.3) is 0 Å². The number of hydrogen-bond acceptors (Lipinski definition) is 6. The summed E-state index contributed by atoms with van der Waals surface area (Å²) in [5.41, 5.74) is 3.05. The smallest absolute Gasteiger partial charge is 0.223 e. The minimum absolute atomic E-state index is 0.194. The molecule has 0 atom stereocenters. The lowest BCUT2D eigenvalue weighted by molar-refractivity contribution is -0.131. The number of carbonyl (C=O) groups excluding carboxylic acids is 1. The Morgan fingerprint density at radius 2 is 1.92 bits per heavy atom. The van der Waals surface area contributed by atoms with E-state index in [-0.39, 0.29) is 5.91 Å². The molecule has 2 aliphatic rings. The third-order valence-electron chi connectivity index (χ3n) is 5.39. The number of rotatable bonds is 5. The van der Waals surface area contributed by atoms with E-state index in [9.17, 15) is 4.79 Å². The minimum atomic E-state index is 0.194. The second-order valence-corrected chi connectivity index (χ2v) is 7.26. The van der Waals surface area contributed by atoms with E-state index in [0.717, 1.165) is 54.7 Å². The van der Waals surface area contributed by atoms with Gasteiger partial charge in [0, 0.05) is 44.1 Å². The molecule has 2 fully saturated rings. The predicted molar refractivity (Wildman–Crippen MR) is 97.1 cm³/mol. The van der Waals surface area contributed by atoms with Crippen molar-refractivity contribution in [1.29, 1.82) is 0 Å². The molecule has 2 aromatic heterocycles. The highest BCUT2D eigenvalue weighted by Crippen LogP contribution is 2.38. The Bertz CT molecular complexity index is 754. The zero-order valence-corrected chi connectivity index (χ0v) is 15.4. The first-order chi connectivity index (χ1) is 12.6. The Balaban J connectivity index is 1.28. The van der Waals surface area contributed by atoms with Crippen molar-refractivity contribution in [2.24, 2.45) is 0 Å². The fourth-order valence-corrected chi connectivity index (χ4v) is 3.53. The monoisotopic (exact) mass is 355 g/mol. The van der Waals surface area contributed by atoms with Crippen LogP contribution in [0, 0.1) is 13.8 Å². The summed E-state index contributed by atoms with van der Waals surface area (Å²) < 4.78 is 5.17. The average Bonchev–Trinajstić information content (AvgIpc) is 3.47. The van der Waals surface area contributed by atoms with Gasteiger partial charge in [-0.2, -0.15) is 5.10 Å². The van der Waals surface area contributed by atoms with Crippen LogP contribution in [-0.4, -0.2) is 52.3 Å². The van der Waals surface area contributed by atoms with Gasteiger partial charge in [0.15, 0.2) is 5.82 Å². The highest BCUT2D eigenvalue weighted by atomic mass is 16.5. The Hall–Kier alpha value is -2.44. The van der Waals surface area contributed by atoms with E-state index in [1.54, 1.807) is 0 Å². The first-order valence-electron chi connectivity index (χ1n) is 9.40. The van der Waals surface area contributed by atoms with Gasteiger partial charge in [0.25, 0.3) is 0 Å². The Morgan fingerprint density at radius 3 is 2.50 bits per heavy atom. The van der Waals surface area contributed by atoms with Gasteiger partial charge in [0.05, 0.1) is 11.4 Å². The van der Waals surface area contributed by atoms with Gasteiger partial charge in [0.1, 0.15) is 5.76 Å². The second kappa shape index (κ2) is 7.05. The molecule has 1 saturated carbocycles. The number of aromatic nitrogens is 3. The van der Waals surface area contributed by atoms with Crippen LogP contribution in [0.3, 0.4) is 0 Å². The molecule has 0 spiro atoms. The molecule has 0 bridgehead atoms. The Labute approximate surface area is 153 Å². The molecule has 3 heterocycles. The van der Waals surface area contributed by atoms with E-state index >= 15 is 0 Å². The van der Waals surface area contributed by atoms with Crippen LogP contribution < -0.4 is 4.90 Å². The van der Waals surface area contributed by atoms with Gasteiger partial charge >= 0.3 is 0 Å². The maximum absolute atomic E-state index is 12.5. The quantitative estimate of drug-likeness (QED) is 0.819. The van der Waals surface area contributed by atoms with Crippen molar-refractivity contribution in [2.45, 2.75) is 45.4 Å². The average molecular weight is 355 g/mol. The zero-order chi connectivity index (χ0) is 18.1. The molecule has 2 aromatic rings. The van der Waals surface area contributed by atoms with E-state index in [2.05, 4.69) is 32.4 Å². The van der Waals surface area contributed by atoms with Gasteiger partial charge in [-0.1, -0.05) is 5.16 Å². The highest BCUT2D eigenvalue weighted by molar-refractivity contribution is 5.76. The van der Waals surface area contributed by atoms with Crippen molar-refractivity contribution in [1.82, 2.24) is 20.3 Å². The van der Waals surface area contributed by atoms with Gasteiger partial charge < -0.3 is 14.3 Å². The van der Waals surface area contributed by atoms with Crippen molar-refractivity contribution in [3.63, 3.8) is 0 Å². The third-order valence-corrected chi connectivity index (χ3v) is 5.39. The molecule has 0 unspecified atom stereocenters. The van der Waals surface area contributed by atoms with Crippen molar-refractivity contribution >= 4 is 11.7 Å². The SMILES string of the molecule is Cc1noc(C)c1CCC(=O)N1CCN(c2ccc(C3CC3)nn2)CC1. The highest BCUT2D eigenvalue weighted by Gasteiger charge is 2.26. The van der Waals surface area contributed by atoms with Crippen LogP contribution >= 0.6 is 0 Å². The molecule has 1 aliphatic carbocycles. The number of aryl methyl sites for hydroxylation is 2. The fourth-order valence-electron chi connectivity index (χ4n) is 3.53. The topological polar surface area (TPSA) is 75.4 Å². The minimum Gasteiger partial charge on any atom is -0.361 e. The lowest BCUT2D eigenvalue weighted by atomic mass is 10.1. The van der Waals surface area contributed by atoms with Crippen LogP contribution in [0.5, 0.6) is 0 Å². The number of nitrogens with zero attached hydrogens (tertiary/aromatic N) is 5. The van der Waals surface area contributed by atoms with Crippen molar-refractivity contribution in [2.75, 3.05) is 31.1 Å². The number of hydrogen-bond donors (Lipinski definition) is 0. The van der Waals surface area contributed by atoms with E-state index in [0.29, 0.717) is 18.8 Å². The van der Waals surface area contributed by atoms with Crippen LogP contribution in [0.15, 0.2) is 16.7 Å². The first-order valence-corrected chi connectivity index (χ1v) is 9.40. The number of anilines is 1. The molecule has 7 nitrogen and oxygen atoms in total. The molecule has 0 radical (unpaired) electrons. The summed E-state index contributed by atoms with van der Waals surface area (Å²) in [5, 5.41) is 12.7. The molecule has 1 aliphatic heterocycles. The van der Waals surface area contributed by atoms with E-state index in [1.165, 1.54) is 12.8 Å². The normalized spacial score (nSPS) is 17.6. The summed E-state index contributed by atoms with van der Waals surface area (Å²) in [6.07, 6.45) is 3.67.